The monoisotopic (exact) mass is 396 g/mol. The van der Waals surface area contributed by atoms with Crippen LogP contribution in [0.15, 0.2) is 48.5 Å². The van der Waals surface area contributed by atoms with Crippen LogP contribution >= 0.6 is 0 Å². The number of carbonyl (C=O) groups is 2. The number of ether oxygens (including phenoxy) is 2. The van der Waals surface area contributed by atoms with E-state index >= 15 is 0 Å². The molecule has 0 aliphatic carbocycles. The van der Waals surface area contributed by atoms with Crippen LogP contribution in [0.25, 0.3) is 0 Å². The number of hydrogen-bond acceptors (Lipinski definition) is 4. The van der Waals surface area contributed by atoms with Crippen LogP contribution in [-0.2, 0) is 16.1 Å². The van der Waals surface area contributed by atoms with Crippen LogP contribution < -0.4 is 14.4 Å². The molecular weight excluding hydrogens is 368 g/mol. The second-order valence-corrected chi connectivity index (χ2v) is 7.08. The lowest BCUT2D eigenvalue weighted by Crippen LogP contribution is -2.34. The lowest BCUT2D eigenvalue weighted by atomic mass is 10.1. The highest BCUT2D eigenvalue weighted by molar-refractivity contribution is 6.01. The summed E-state index contributed by atoms with van der Waals surface area (Å²) in [6.07, 6.45) is 0.215. The van der Waals surface area contributed by atoms with Crippen LogP contribution in [0.2, 0.25) is 0 Å². The van der Waals surface area contributed by atoms with Crippen LogP contribution in [0.5, 0.6) is 11.5 Å². The quantitative estimate of drug-likeness (QED) is 0.685. The van der Waals surface area contributed by atoms with E-state index < -0.39 is 0 Å². The summed E-state index contributed by atoms with van der Waals surface area (Å²) in [5.74, 6) is 1.05. The number of anilines is 1. The van der Waals surface area contributed by atoms with Crippen LogP contribution in [0.4, 0.5) is 5.69 Å². The molecule has 1 fully saturated rings. The Labute approximate surface area is 172 Å². The van der Waals surface area contributed by atoms with Crippen molar-refractivity contribution in [2.45, 2.75) is 26.8 Å². The van der Waals surface area contributed by atoms with Crippen LogP contribution in [-0.4, -0.2) is 43.5 Å². The van der Waals surface area contributed by atoms with Gasteiger partial charge in [-0.2, -0.15) is 0 Å². The smallest absolute Gasteiger partial charge is 0.228 e. The van der Waals surface area contributed by atoms with Gasteiger partial charge in [0.15, 0.2) is 0 Å². The van der Waals surface area contributed by atoms with Crippen molar-refractivity contribution in [1.29, 1.82) is 0 Å². The van der Waals surface area contributed by atoms with Gasteiger partial charge < -0.3 is 19.3 Å². The fraction of sp³-hybridized carbons (Fsp3) is 0.391. The summed E-state index contributed by atoms with van der Waals surface area (Å²) < 4.78 is 11.1. The van der Waals surface area contributed by atoms with E-state index in [0.717, 1.165) is 17.0 Å². The highest BCUT2D eigenvalue weighted by Crippen LogP contribution is 2.33. The number of carbonyl (C=O) groups excluding carboxylic acids is 2. The van der Waals surface area contributed by atoms with E-state index in [1.165, 1.54) is 0 Å². The Morgan fingerprint density at radius 1 is 1.07 bits per heavy atom. The maximum Gasteiger partial charge on any atom is 0.228 e. The van der Waals surface area contributed by atoms with Crippen molar-refractivity contribution < 1.29 is 19.1 Å². The van der Waals surface area contributed by atoms with Gasteiger partial charge in [-0.25, -0.2) is 0 Å². The van der Waals surface area contributed by atoms with Crippen molar-refractivity contribution >= 4 is 17.5 Å². The van der Waals surface area contributed by atoms with Crippen molar-refractivity contribution in [1.82, 2.24) is 4.90 Å². The molecule has 0 saturated carbocycles. The van der Waals surface area contributed by atoms with Gasteiger partial charge in [0.2, 0.25) is 11.8 Å². The summed E-state index contributed by atoms with van der Waals surface area (Å²) >= 11 is 0. The SMILES string of the molecule is CCOc1ccc(CN(C)C(=O)C2CC(=O)N(c3ccccc3OCC)C2)cc1. The van der Waals surface area contributed by atoms with Crippen molar-refractivity contribution in [3.8, 4) is 11.5 Å². The molecule has 2 aromatic rings. The van der Waals surface area contributed by atoms with Crippen LogP contribution in [0.1, 0.15) is 25.8 Å². The molecule has 0 radical (unpaired) electrons. The van der Waals surface area contributed by atoms with E-state index in [0.29, 0.717) is 32.1 Å². The molecule has 154 valence electrons. The Morgan fingerprint density at radius 3 is 2.45 bits per heavy atom. The lowest BCUT2D eigenvalue weighted by molar-refractivity contribution is -0.135. The fourth-order valence-corrected chi connectivity index (χ4v) is 3.58. The zero-order valence-electron chi connectivity index (χ0n) is 17.3. The zero-order chi connectivity index (χ0) is 20.8. The van der Waals surface area contributed by atoms with Gasteiger partial charge in [0.25, 0.3) is 0 Å². The Bertz CT molecular complexity index is 850. The number of nitrogens with zero attached hydrogens (tertiary/aromatic N) is 2. The molecule has 2 aromatic carbocycles. The minimum absolute atomic E-state index is 0.0244. The predicted octanol–water partition coefficient (Wildman–Crippen LogP) is 3.50. The lowest BCUT2D eigenvalue weighted by Gasteiger charge is -2.22. The average molecular weight is 396 g/mol. The Balaban J connectivity index is 1.65. The number of hydrogen-bond donors (Lipinski definition) is 0. The van der Waals surface area contributed by atoms with Gasteiger partial charge in [-0.05, 0) is 43.7 Å². The van der Waals surface area contributed by atoms with Gasteiger partial charge in [0, 0.05) is 26.6 Å². The molecule has 0 aromatic heterocycles. The van der Waals surface area contributed by atoms with Gasteiger partial charge in [-0.1, -0.05) is 24.3 Å². The zero-order valence-corrected chi connectivity index (χ0v) is 17.3. The summed E-state index contributed by atoms with van der Waals surface area (Å²) in [6, 6.07) is 15.2. The second-order valence-electron chi connectivity index (χ2n) is 7.08. The summed E-state index contributed by atoms with van der Waals surface area (Å²) in [4.78, 5) is 28.9. The molecule has 0 bridgehead atoms. The first-order chi connectivity index (χ1) is 14.0. The molecule has 2 amide bonds. The molecule has 6 nitrogen and oxygen atoms in total. The minimum atomic E-state index is -0.357. The molecule has 1 atom stereocenters. The highest BCUT2D eigenvalue weighted by Gasteiger charge is 2.37. The standard InChI is InChI=1S/C23H28N2O4/c1-4-28-19-12-10-17(11-13-19)15-24(3)23(27)18-14-22(26)25(16-18)20-8-6-7-9-21(20)29-5-2/h6-13,18H,4-5,14-16H2,1-3H3. The van der Waals surface area contributed by atoms with Gasteiger partial charge in [-0.3, -0.25) is 9.59 Å². The average Bonchev–Trinajstić information content (AvgIpc) is 3.11. The molecule has 1 aliphatic heterocycles. The van der Waals surface area contributed by atoms with Crippen molar-refractivity contribution in [3.05, 3.63) is 54.1 Å². The third-order valence-corrected chi connectivity index (χ3v) is 4.96. The van der Waals surface area contributed by atoms with Crippen molar-refractivity contribution in [2.24, 2.45) is 5.92 Å². The molecule has 1 saturated heterocycles. The van der Waals surface area contributed by atoms with E-state index in [9.17, 15) is 9.59 Å². The first-order valence-electron chi connectivity index (χ1n) is 10.0. The number of rotatable bonds is 8. The van der Waals surface area contributed by atoms with E-state index in [4.69, 9.17) is 9.47 Å². The number of amides is 2. The van der Waals surface area contributed by atoms with Gasteiger partial charge >= 0.3 is 0 Å². The maximum absolute atomic E-state index is 12.9. The highest BCUT2D eigenvalue weighted by atomic mass is 16.5. The Morgan fingerprint density at radius 2 is 1.76 bits per heavy atom. The van der Waals surface area contributed by atoms with E-state index in [-0.39, 0.29) is 24.2 Å². The van der Waals surface area contributed by atoms with Gasteiger partial charge in [0.05, 0.1) is 24.8 Å². The van der Waals surface area contributed by atoms with E-state index in [2.05, 4.69) is 0 Å². The molecule has 0 N–H and O–H groups in total. The molecule has 1 unspecified atom stereocenters. The third kappa shape index (κ3) is 4.88. The Kier molecular flexibility index (Phi) is 6.75. The summed E-state index contributed by atoms with van der Waals surface area (Å²) in [7, 11) is 1.78. The molecular formula is C23H28N2O4. The predicted molar refractivity (Wildman–Crippen MR) is 112 cm³/mol. The van der Waals surface area contributed by atoms with Crippen molar-refractivity contribution in [2.75, 3.05) is 31.7 Å². The van der Waals surface area contributed by atoms with Gasteiger partial charge in [0.1, 0.15) is 11.5 Å². The minimum Gasteiger partial charge on any atom is -0.494 e. The largest absolute Gasteiger partial charge is 0.494 e. The molecule has 3 rings (SSSR count). The van der Waals surface area contributed by atoms with E-state index in [1.807, 2.05) is 62.4 Å². The third-order valence-electron chi connectivity index (χ3n) is 4.96. The molecule has 1 heterocycles. The Hall–Kier alpha value is -3.02. The number of benzene rings is 2. The molecule has 0 spiro atoms. The summed E-state index contributed by atoms with van der Waals surface area (Å²) in [6.45, 7) is 5.85. The first kappa shape index (κ1) is 20.7. The van der Waals surface area contributed by atoms with Crippen LogP contribution in [0.3, 0.4) is 0 Å². The molecule has 1 aliphatic rings. The first-order valence-corrected chi connectivity index (χ1v) is 10.0. The van der Waals surface area contributed by atoms with Crippen molar-refractivity contribution in [3.63, 3.8) is 0 Å². The van der Waals surface area contributed by atoms with E-state index in [1.54, 1.807) is 16.8 Å². The summed E-state index contributed by atoms with van der Waals surface area (Å²) in [5.41, 5.74) is 1.75. The maximum atomic E-state index is 12.9. The van der Waals surface area contributed by atoms with Gasteiger partial charge in [-0.15, -0.1) is 0 Å². The number of para-hydroxylation sites is 2. The molecule has 29 heavy (non-hydrogen) atoms. The fourth-order valence-electron chi connectivity index (χ4n) is 3.58. The summed E-state index contributed by atoms with van der Waals surface area (Å²) in [5, 5.41) is 0. The second kappa shape index (κ2) is 9.45. The topological polar surface area (TPSA) is 59.1 Å². The van der Waals surface area contributed by atoms with Crippen LogP contribution in [0, 0.1) is 5.92 Å². The normalized spacial score (nSPS) is 16.0. The molecule has 6 heteroatoms.